The third-order valence-corrected chi connectivity index (χ3v) is 6.22. The molecule has 0 aliphatic carbocycles. The number of benzene rings is 1. The molecule has 1 atom stereocenters. The maximum atomic E-state index is 11.8. The monoisotopic (exact) mass is 443 g/mol. The predicted molar refractivity (Wildman–Crippen MR) is 114 cm³/mol. The highest BCUT2D eigenvalue weighted by atomic mass is 35.7. The molecule has 0 spiro atoms. The average molecular weight is 444 g/mol. The zero-order valence-electron chi connectivity index (χ0n) is 16.0. The number of nitrogens with zero attached hydrogens (tertiary/aromatic N) is 2. The molecule has 0 bridgehead atoms. The Bertz CT molecular complexity index is 1020. The minimum Gasteiger partial charge on any atom is -0.493 e. The lowest BCUT2D eigenvalue weighted by molar-refractivity contribution is 0.334. The summed E-state index contributed by atoms with van der Waals surface area (Å²) in [5, 5.41) is 3.80. The summed E-state index contributed by atoms with van der Waals surface area (Å²) in [7, 11) is 1.66. The molecule has 1 N–H and O–H groups in total. The van der Waals surface area contributed by atoms with Crippen LogP contribution in [0.4, 0.5) is 5.82 Å². The van der Waals surface area contributed by atoms with Crippen molar-refractivity contribution in [3.8, 4) is 5.75 Å². The number of hydrogen-bond acceptors (Lipinski definition) is 5. The van der Waals surface area contributed by atoms with E-state index in [1.807, 2.05) is 6.92 Å². The molecule has 1 aliphatic heterocycles. The van der Waals surface area contributed by atoms with Crippen molar-refractivity contribution in [1.29, 1.82) is 0 Å². The molecule has 28 heavy (non-hydrogen) atoms. The highest BCUT2D eigenvalue weighted by molar-refractivity contribution is 8.13. The van der Waals surface area contributed by atoms with Crippen LogP contribution in [-0.4, -0.2) is 24.8 Å². The predicted octanol–water partition coefficient (Wildman–Crippen LogP) is 4.90. The number of halogens is 2. The van der Waals surface area contributed by atoms with Gasteiger partial charge >= 0.3 is 0 Å². The zero-order chi connectivity index (χ0) is 20.5. The maximum absolute atomic E-state index is 11.8. The Hall–Kier alpha value is -1.70. The van der Waals surface area contributed by atoms with E-state index in [1.54, 1.807) is 6.07 Å². The SMILES string of the molecule is CCCn1cc(CC)c2c1NC(c1cc(S(=O)(=O)Cl)ccc1OCC)N=C2Cl. The van der Waals surface area contributed by atoms with Crippen LogP contribution in [0, 0.1) is 0 Å². The molecule has 6 nitrogen and oxygen atoms in total. The van der Waals surface area contributed by atoms with Gasteiger partial charge in [0.15, 0.2) is 6.17 Å². The number of anilines is 1. The van der Waals surface area contributed by atoms with E-state index < -0.39 is 15.2 Å². The van der Waals surface area contributed by atoms with Gasteiger partial charge in [0.25, 0.3) is 9.05 Å². The van der Waals surface area contributed by atoms with Crippen molar-refractivity contribution in [2.24, 2.45) is 4.99 Å². The van der Waals surface area contributed by atoms with E-state index in [1.165, 1.54) is 12.1 Å². The fourth-order valence-corrected chi connectivity index (χ4v) is 4.44. The standard InChI is InChI=1S/C19H23Cl2N3O3S/c1-4-9-24-11-12(5-2)16-17(20)22-18(23-19(16)24)14-10-13(28(21,25)26)7-8-15(14)27-6-3/h7-8,10-11,18,23H,4-6,9H2,1-3H3. The molecule has 3 rings (SSSR count). The summed E-state index contributed by atoms with van der Waals surface area (Å²) in [6.07, 6.45) is 3.30. The van der Waals surface area contributed by atoms with Crippen molar-refractivity contribution in [2.45, 2.75) is 51.2 Å². The highest BCUT2D eigenvalue weighted by Crippen LogP contribution is 2.38. The Morgan fingerprint density at radius 2 is 2.04 bits per heavy atom. The molecule has 2 heterocycles. The van der Waals surface area contributed by atoms with Crippen molar-refractivity contribution >= 4 is 42.3 Å². The second-order valence-electron chi connectivity index (χ2n) is 6.46. The Kier molecular flexibility index (Phi) is 6.27. The number of fused-ring (bicyclic) bond motifs is 1. The molecule has 0 saturated heterocycles. The summed E-state index contributed by atoms with van der Waals surface area (Å²) in [6.45, 7) is 7.31. The van der Waals surface area contributed by atoms with Gasteiger partial charge in [0.2, 0.25) is 0 Å². The smallest absolute Gasteiger partial charge is 0.261 e. The van der Waals surface area contributed by atoms with E-state index in [0.717, 1.165) is 36.3 Å². The van der Waals surface area contributed by atoms with Gasteiger partial charge in [-0.25, -0.2) is 13.4 Å². The van der Waals surface area contributed by atoms with Crippen LogP contribution < -0.4 is 10.1 Å². The van der Waals surface area contributed by atoms with Gasteiger partial charge in [0, 0.05) is 29.0 Å². The van der Waals surface area contributed by atoms with Crippen LogP contribution in [0.2, 0.25) is 0 Å². The fraction of sp³-hybridized carbons (Fsp3) is 0.421. The molecular weight excluding hydrogens is 421 g/mol. The molecule has 1 unspecified atom stereocenters. The molecule has 0 fully saturated rings. The first-order valence-electron chi connectivity index (χ1n) is 9.23. The van der Waals surface area contributed by atoms with Crippen molar-refractivity contribution in [1.82, 2.24) is 4.57 Å². The van der Waals surface area contributed by atoms with E-state index in [-0.39, 0.29) is 4.90 Å². The van der Waals surface area contributed by atoms with Gasteiger partial charge in [0.1, 0.15) is 16.7 Å². The lowest BCUT2D eigenvalue weighted by Crippen LogP contribution is -2.20. The van der Waals surface area contributed by atoms with E-state index in [2.05, 4.69) is 34.9 Å². The molecule has 2 aromatic rings. The number of aliphatic imine (C=N–C) groups is 1. The Balaban J connectivity index is 2.12. The first-order chi connectivity index (χ1) is 13.3. The van der Waals surface area contributed by atoms with E-state index in [4.69, 9.17) is 27.0 Å². The van der Waals surface area contributed by atoms with Gasteiger partial charge in [-0.2, -0.15) is 0 Å². The number of aryl methyl sites for hydroxylation is 2. The summed E-state index contributed by atoms with van der Waals surface area (Å²) in [6, 6.07) is 4.50. The van der Waals surface area contributed by atoms with Crippen molar-refractivity contribution in [2.75, 3.05) is 11.9 Å². The maximum Gasteiger partial charge on any atom is 0.261 e. The second-order valence-corrected chi connectivity index (χ2v) is 9.39. The second kappa shape index (κ2) is 8.35. The van der Waals surface area contributed by atoms with Crippen molar-refractivity contribution < 1.29 is 13.2 Å². The number of nitrogens with one attached hydrogen (secondary N) is 1. The summed E-state index contributed by atoms with van der Waals surface area (Å²) < 4.78 is 31.5. The Labute approximate surface area is 174 Å². The van der Waals surface area contributed by atoms with Crippen LogP contribution >= 0.6 is 22.3 Å². The van der Waals surface area contributed by atoms with Gasteiger partial charge in [-0.3, -0.25) is 0 Å². The number of hydrogen-bond donors (Lipinski definition) is 1. The van der Waals surface area contributed by atoms with E-state index in [0.29, 0.717) is 23.1 Å². The number of rotatable bonds is 7. The lowest BCUT2D eigenvalue weighted by atomic mass is 10.1. The van der Waals surface area contributed by atoms with Crippen molar-refractivity contribution in [3.05, 3.63) is 41.1 Å². The molecule has 1 aliphatic rings. The minimum absolute atomic E-state index is 0.00951. The number of ether oxygens (including phenoxy) is 1. The quantitative estimate of drug-likeness (QED) is 0.617. The molecule has 9 heteroatoms. The molecule has 0 saturated carbocycles. The van der Waals surface area contributed by atoms with E-state index in [9.17, 15) is 8.42 Å². The van der Waals surface area contributed by atoms with Crippen LogP contribution in [-0.2, 0) is 22.0 Å². The van der Waals surface area contributed by atoms with Crippen LogP contribution in [0.25, 0.3) is 0 Å². The molecule has 152 valence electrons. The largest absolute Gasteiger partial charge is 0.493 e. The molecule has 0 radical (unpaired) electrons. The Morgan fingerprint density at radius 1 is 1.29 bits per heavy atom. The molecular formula is C19H23Cl2N3O3S. The first kappa shape index (κ1) is 21.0. The lowest BCUT2D eigenvalue weighted by Gasteiger charge is -2.25. The van der Waals surface area contributed by atoms with Gasteiger partial charge in [-0.1, -0.05) is 25.4 Å². The molecule has 1 aromatic carbocycles. The van der Waals surface area contributed by atoms with Gasteiger partial charge in [0.05, 0.1) is 17.1 Å². The summed E-state index contributed by atoms with van der Waals surface area (Å²) in [4.78, 5) is 4.57. The third-order valence-electron chi connectivity index (χ3n) is 4.58. The number of aromatic nitrogens is 1. The summed E-state index contributed by atoms with van der Waals surface area (Å²) in [5.41, 5.74) is 2.58. The van der Waals surface area contributed by atoms with Crippen LogP contribution in [0.1, 0.15) is 50.0 Å². The van der Waals surface area contributed by atoms with Crippen LogP contribution in [0.3, 0.4) is 0 Å². The minimum atomic E-state index is -3.88. The molecule has 1 aromatic heterocycles. The third kappa shape index (κ3) is 4.02. The summed E-state index contributed by atoms with van der Waals surface area (Å²) in [5.74, 6) is 1.41. The topological polar surface area (TPSA) is 72.7 Å². The highest BCUT2D eigenvalue weighted by Gasteiger charge is 2.29. The first-order valence-corrected chi connectivity index (χ1v) is 11.9. The van der Waals surface area contributed by atoms with Gasteiger partial charge in [-0.05, 0) is 43.5 Å². The summed E-state index contributed by atoms with van der Waals surface area (Å²) >= 11 is 6.56. The van der Waals surface area contributed by atoms with Crippen LogP contribution in [0.5, 0.6) is 5.75 Å². The van der Waals surface area contributed by atoms with Gasteiger partial charge < -0.3 is 14.6 Å². The van der Waals surface area contributed by atoms with Gasteiger partial charge in [-0.15, -0.1) is 0 Å². The van der Waals surface area contributed by atoms with Crippen molar-refractivity contribution in [3.63, 3.8) is 0 Å². The normalized spacial score (nSPS) is 16.3. The Morgan fingerprint density at radius 3 is 2.64 bits per heavy atom. The molecule has 0 amide bonds. The zero-order valence-corrected chi connectivity index (χ0v) is 18.3. The van der Waals surface area contributed by atoms with E-state index >= 15 is 0 Å². The average Bonchev–Trinajstić information content (AvgIpc) is 3.00. The fourth-order valence-electron chi connectivity index (χ4n) is 3.35. The van der Waals surface area contributed by atoms with Crippen LogP contribution in [0.15, 0.2) is 34.3 Å².